The predicted octanol–water partition coefficient (Wildman–Crippen LogP) is 3.02. The van der Waals surface area contributed by atoms with Gasteiger partial charge < -0.3 is 5.11 Å². The van der Waals surface area contributed by atoms with Crippen LogP contribution in [0.2, 0.25) is 0 Å². The van der Waals surface area contributed by atoms with Gasteiger partial charge in [0.15, 0.2) is 5.82 Å². The summed E-state index contributed by atoms with van der Waals surface area (Å²) in [4.78, 5) is 0.0525. The first-order chi connectivity index (χ1) is 11.1. The number of benzene rings is 2. The molecule has 1 aromatic heterocycles. The van der Waals surface area contributed by atoms with Crippen molar-refractivity contribution in [3.8, 4) is 11.3 Å². The van der Waals surface area contributed by atoms with E-state index < -0.39 is 22.4 Å². The van der Waals surface area contributed by atoms with E-state index in [2.05, 4.69) is 0 Å². The predicted molar refractivity (Wildman–Crippen MR) is 84.8 cm³/mol. The summed E-state index contributed by atoms with van der Waals surface area (Å²) >= 11 is 0. The summed E-state index contributed by atoms with van der Waals surface area (Å²) in [6.07, 6.45) is 1.12. The van der Waals surface area contributed by atoms with Crippen LogP contribution in [0.1, 0.15) is 5.56 Å². The molecule has 3 aromatic rings. The first-order valence-electron chi connectivity index (χ1n) is 6.92. The minimum atomic E-state index is -3.96. The van der Waals surface area contributed by atoms with E-state index in [9.17, 15) is 17.9 Å². The topological polar surface area (TPSA) is 59.3 Å². The molecule has 3 rings (SSSR count). The van der Waals surface area contributed by atoms with Gasteiger partial charge in [0.1, 0.15) is 5.69 Å². The minimum absolute atomic E-state index is 0.0525. The normalized spacial score (nSPS) is 11.6. The molecule has 4 nitrogen and oxygen atoms in total. The average Bonchev–Trinajstić information content (AvgIpc) is 2.94. The fourth-order valence-corrected chi connectivity index (χ4v) is 3.79. The van der Waals surface area contributed by atoms with Gasteiger partial charge >= 0.3 is 0 Å². The summed E-state index contributed by atoms with van der Waals surface area (Å²) in [6.45, 7) is -0.580. The van der Waals surface area contributed by atoms with Gasteiger partial charge in [-0.3, -0.25) is 0 Å². The summed E-state index contributed by atoms with van der Waals surface area (Å²) < 4.78 is 41.1. The molecule has 6 heteroatoms. The molecule has 0 saturated heterocycles. The Morgan fingerprint density at radius 3 is 2.09 bits per heavy atom. The molecule has 0 bridgehead atoms. The molecule has 0 atom stereocenters. The Morgan fingerprint density at radius 1 is 0.957 bits per heavy atom. The molecule has 118 valence electrons. The highest BCUT2D eigenvalue weighted by molar-refractivity contribution is 7.90. The fourth-order valence-electron chi connectivity index (χ4n) is 2.37. The Hall–Kier alpha value is -2.44. The Balaban J connectivity index is 2.28. The zero-order valence-electron chi connectivity index (χ0n) is 12.1. The molecular formula is C17H14FNO3S. The molecule has 1 heterocycles. The van der Waals surface area contributed by atoms with Crippen LogP contribution in [0.25, 0.3) is 11.3 Å². The van der Waals surface area contributed by atoms with Gasteiger partial charge in [0.25, 0.3) is 10.0 Å². The first-order valence-corrected chi connectivity index (χ1v) is 8.36. The highest BCUT2D eigenvalue weighted by Crippen LogP contribution is 2.30. The second-order valence-corrected chi connectivity index (χ2v) is 6.77. The van der Waals surface area contributed by atoms with Crippen molar-refractivity contribution in [1.29, 1.82) is 0 Å². The lowest BCUT2D eigenvalue weighted by molar-refractivity contribution is 0.276. The second-order valence-electron chi connectivity index (χ2n) is 4.95. The van der Waals surface area contributed by atoms with E-state index in [0.29, 0.717) is 5.56 Å². The largest absolute Gasteiger partial charge is 0.392 e. The van der Waals surface area contributed by atoms with Crippen LogP contribution < -0.4 is 0 Å². The van der Waals surface area contributed by atoms with Gasteiger partial charge in [0.05, 0.1) is 11.5 Å². The van der Waals surface area contributed by atoms with E-state index in [-0.39, 0.29) is 16.2 Å². The van der Waals surface area contributed by atoms with Gasteiger partial charge in [0, 0.05) is 17.3 Å². The molecule has 0 aliphatic heterocycles. The van der Waals surface area contributed by atoms with Crippen molar-refractivity contribution in [3.05, 3.63) is 78.2 Å². The Labute approximate surface area is 133 Å². The van der Waals surface area contributed by atoms with Gasteiger partial charge in [-0.05, 0) is 12.1 Å². The van der Waals surface area contributed by atoms with E-state index in [1.54, 1.807) is 48.5 Å². The molecule has 2 aromatic carbocycles. The van der Waals surface area contributed by atoms with Crippen LogP contribution in [0.4, 0.5) is 4.39 Å². The Morgan fingerprint density at radius 2 is 1.52 bits per heavy atom. The van der Waals surface area contributed by atoms with Crippen molar-refractivity contribution in [2.45, 2.75) is 11.5 Å². The number of aliphatic hydroxyl groups excluding tert-OH is 1. The molecular weight excluding hydrogens is 317 g/mol. The maximum absolute atomic E-state index is 14.6. The van der Waals surface area contributed by atoms with E-state index in [1.807, 2.05) is 0 Å². The zero-order chi connectivity index (χ0) is 16.4. The van der Waals surface area contributed by atoms with Crippen molar-refractivity contribution in [3.63, 3.8) is 0 Å². The van der Waals surface area contributed by atoms with Gasteiger partial charge in [-0.2, -0.15) is 0 Å². The number of halogens is 1. The van der Waals surface area contributed by atoms with Crippen molar-refractivity contribution in [2.24, 2.45) is 0 Å². The Kier molecular flexibility index (Phi) is 4.02. The number of aliphatic hydroxyl groups is 1. The summed E-state index contributed by atoms with van der Waals surface area (Å²) in [6, 6.07) is 16.2. The SMILES string of the molecule is O=S(=O)(c1ccccc1)n1cc(CO)c(F)c1-c1ccccc1. The number of hydrogen-bond acceptors (Lipinski definition) is 3. The third kappa shape index (κ3) is 2.67. The van der Waals surface area contributed by atoms with Crippen molar-refractivity contribution in [2.75, 3.05) is 0 Å². The van der Waals surface area contributed by atoms with Crippen LogP contribution in [0.5, 0.6) is 0 Å². The number of nitrogens with zero attached hydrogens (tertiary/aromatic N) is 1. The molecule has 0 aliphatic rings. The van der Waals surface area contributed by atoms with Crippen LogP contribution >= 0.6 is 0 Å². The first kappa shape index (κ1) is 15.5. The Bertz CT molecular complexity index is 919. The lowest BCUT2D eigenvalue weighted by Crippen LogP contribution is -2.13. The molecule has 23 heavy (non-hydrogen) atoms. The van der Waals surface area contributed by atoms with Gasteiger partial charge in [0.2, 0.25) is 0 Å². The van der Waals surface area contributed by atoms with Crippen molar-refractivity contribution >= 4 is 10.0 Å². The molecule has 0 unspecified atom stereocenters. The summed E-state index contributed by atoms with van der Waals surface area (Å²) in [5.41, 5.74) is 0.270. The second kappa shape index (κ2) is 5.98. The number of rotatable bonds is 4. The maximum atomic E-state index is 14.6. The van der Waals surface area contributed by atoms with Crippen LogP contribution in [-0.2, 0) is 16.6 Å². The lowest BCUT2D eigenvalue weighted by Gasteiger charge is -2.10. The molecule has 0 spiro atoms. The van der Waals surface area contributed by atoms with Gasteiger partial charge in [-0.1, -0.05) is 48.5 Å². The number of aromatic nitrogens is 1. The van der Waals surface area contributed by atoms with Crippen molar-refractivity contribution < 1.29 is 17.9 Å². The van der Waals surface area contributed by atoms with Crippen molar-refractivity contribution in [1.82, 2.24) is 3.97 Å². The minimum Gasteiger partial charge on any atom is -0.392 e. The van der Waals surface area contributed by atoms with Crippen LogP contribution in [0.3, 0.4) is 0 Å². The highest BCUT2D eigenvalue weighted by atomic mass is 32.2. The molecule has 0 saturated carbocycles. The zero-order valence-corrected chi connectivity index (χ0v) is 12.9. The smallest absolute Gasteiger partial charge is 0.268 e. The monoisotopic (exact) mass is 331 g/mol. The third-order valence-corrected chi connectivity index (χ3v) is 5.17. The molecule has 0 radical (unpaired) electrons. The van der Waals surface area contributed by atoms with E-state index in [1.165, 1.54) is 12.1 Å². The summed E-state index contributed by atoms with van der Waals surface area (Å²) in [5, 5.41) is 9.29. The van der Waals surface area contributed by atoms with E-state index >= 15 is 0 Å². The molecule has 0 amide bonds. The van der Waals surface area contributed by atoms with Gasteiger partial charge in [-0.25, -0.2) is 16.8 Å². The van der Waals surface area contributed by atoms with Crippen LogP contribution in [-0.4, -0.2) is 17.5 Å². The molecule has 0 aliphatic carbocycles. The quantitative estimate of drug-likeness (QED) is 0.799. The maximum Gasteiger partial charge on any atom is 0.268 e. The van der Waals surface area contributed by atoms with Crippen LogP contribution in [0, 0.1) is 5.82 Å². The summed E-state index contributed by atoms with van der Waals surface area (Å²) in [7, 11) is -3.96. The summed E-state index contributed by atoms with van der Waals surface area (Å²) in [5.74, 6) is -0.738. The van der Waals surface area contributed by atoms with Gasteiger partial charge in [-0.15, -0.1) is 0 Å². The number of hydrogen-bond donors (Lipinski definition) is 1. The van der Waals surface area contributed by atoms with E-state index in [0.717, 1.165) is 10.2 Å². The standard InChI is InChI=1S/C17H14FNO3S/c18-16-14(12-20)11-19(17(16)13-7-3-1-4-8-13)23(21,22)15-9-5-2-6-10-15/h1-11,20H,12H2. The third-order valence-electron chi connectivity index (χ3n) is 3.50. The van der Waals surface area contributed by atoms with E-state index in [4.69, 9.17) is 0 Å². The highest BCUT2D eigenvalue weighted by Gasteiger charge is 2.26. The molecule has 1 N–H and O–H groups in total. The lowest BCUT2D eigenvalue weighted by atomic mass is 10.1. The fraction of sp³-hybridized carbons (Fsp3) is 0.0588. The average molecular weight is 331 g/mol. The molecule has 0 fully saturated rings. The van der Waals surface area contributed by atoms with Crippen LogP contribution in [0.15, 0.2) is 71.8 Å².